The van der Waals surface area contributed by atoms with E-state index in [1.807, 2.05) is 6.92 Å². The lowest BCUT2D eigenvalue weighted by Crippen LogP contribution is -2.17. The van der Waals surface area contributed by atoms with Gasteiger partial charge in [0, 0.05) is 10.6 Å². The van der Waals surface area contributed by atoms with Gasteiger partial charge in [-0.1, -0.05) is 17.7 Å². The van der Waals surface area contributed by atoms with E-state index < -0.39 is 5.97 Å². The first kappa shape index (κ1) is 19.5. The summed E-state index contributed by atoms with van der Waals surface area (Å²) in [5.41, 5.74) is 4.53. The van der Waals surface area contributed by atoms with Crippen LogP contribution >= 0.6 is 11.6 Å². The fourth-order valence-electron chi connectivity index (χ4n) is 1.96. The van der Waals surface area contributed by atoms with Crippen LogP contribution in [0.15, 0.2) is 47.6 Å². The fourth-order valence-corrected chi connectivity index (χ4v) is 2.14. The summed E-state index contributed by atoms with van der Waals surface area (Å²) in [7, 11) is 0. The summed E-state index contributed by atoms with van der Waals surface area (Å²) < 4.78 is 10.1. The molecule has 0 aromatic heterocycles. The van der Waals surface area contributed by atoms with Gasteiger partial charge in [0.25, 0.3) is 5.91 Å². The minimum absolute atomic E-state index is 0.142. The zero-order valence-electron chi connectivity index (χ0n) is 14.5. The molecule has 0 radical (unpaired) electrons. The monoisotopic (exact) mass is 374 g/mol. The Morgan fingerprint density at radius 1 is 1.19 bits per heavy atom. The summed E-state index contributed by atoms with van der Waals surface area (Å²) in [6.07, 6.45) is 1.50. The van der Waals surface area contributed by atoms with Gasteiger partial charge in [-0.3, -0.25) is 4.79 Å². The van der Waals surface area contributed by atoms with Crippen molar-refractivity contribution in [3.8, 4) is 5.75 Å². The predicted molar refractivity (Wildman–Crippen MR) is 99.8 cm³/mol. The molecule has 26 heavy (non-hydrogen) atoms. The van der Waals surface area contributed by atoms with Crippen molar-refractivity contribution in [1.29, 1.82) is 0 Å². The van der Waals surface area contributed by atoms with Gasteiger partial charge in [-0.15, -0.1) is 0 Å². The van der Waals surface area contributed by atoms with Crippen LogP contribution in [0.5, 0.6) is 5.75 Å². The third-order valence-electron chi connectivity index (χ3n) is 3.36. The second-order valence-electron chi connectivity index (χ2n) is 5.33. The van der Waals surface area contributed by atoms with Gasteiger partial charge in [-0.25, -0.2) is 10.2 Å². The molecule has 1 N–H and O–H groups in total. The van der Waals surface area contributed by atoms with Crippen molar-refractivity contribution in [3.63, 3.8) is 0 Å². The van der Waals surface area contributed by atoms with E-state index in [1.54, 1.807) is 49.4 Å². The molecule has 0 bridgehead atoms. The number of hydrogen-bond donors (Lipinski definition) is 1. The first-order chi connectivity index (χ1) is 12.5. The summed E-state index contributed by atoms with van der Waals surface area (Å²) in [5.74, 6) is -0.233. The number of hydrogen-bond acceptors (Lipinski definition) is 5. The standard InChI is InChI=1S/C19H19ClN2O4/c1-3-25-18(23)12-26-16-8-5-14(6-9-16)11-21-22-19(24)15-7-4-13(2)17(20)10-15/h4-11H,3,12H2,1-2H3,(H,22,24)/b21-11-. The number of esters is 1. The molecule has 2 aromatic carbocycles. The van der Waals surface area contributed by atoms with Gasteiger partial charge in [-0.2, -0.15) is 5.10 Å². The average Bonchev–Trinajstić information content (AvgIpc) is 2.63. The average molecular weight is 375 g/mol. The molecule has 0 fully saturated rings. The lowest BCUT2D eigenvalue weighted by Gasteiger charge is -2.05. The Balaban J connectivity index is 1.87. The van der Waals surface area contributed by atoms with Crippen LogP contribution in [0.3, 0.4) is 0 Å². The number of carbonyl (C=O) groups excluding carboxylic acids is 2. The SMILES string of the molecule is CCOC(=O)COc1ccc(/C=N\NC(=O)c2ccc(C)c(Cl)c2)cc1. The van der Waals surface area contributed by atoms with Crippen LogP contribution in [0.25, 0.3) is 0 Å². The van der Waals surface area contributed by atoms with Crippen molar-refractivity contribution in [2.24, 2.45) is 5.10 Å². The van der Waals surface area contributed by atoms with Crippen molar-refractivity contribution in [2.45, 2.75) is 13.8 Å². The second-order valence-corrected chi connectivity index (χ2v) is 5.73. The smallest absolute Gasteiger partial charge is 0.344 e. The molecule has 0 spiro atoms. The number of nitrogens with zero attached hydrogens (tertiary/aromatic N) is 1. The molecule has 6 nitrogen and oxygen atoms in total. The minimum Gasteiger partial charge on any atom is -0.482 e. The third kappa shape index (κ3) is 5.89. The molecule has 0 saturated carbocycles. The van der Waals surface area contributed by atoms with Gasteiger partial charge in [0.1, 0.15) is 5.75 Å². The molecular formula is C19H19ClN2O4. The highest BCUT2D eigenvalue weighted by Gasteiger charge is 2.06. The Bertz CT molecular complexity index is 804. The van der Waals surface area contributed by atoms with E-state index in [0.29, 0.717) is 22.9 Å². The van der Waals surface area contributed by atoms with Crippen LogP contribution < -0.4 is 10.2 Å². The zero-order chi connectivity index (χ0) is 18.9. The highest BCUT2D eigenvalue weighted by molar-refractivity contribution is 6.31. The molecule has 0 atom stereocenters. The maximum absolute atomic E-state index is 12.0. The molecule has 0 aliphatic heterocycles. The maximum Gasteiger partial charge on any atom is 0.344 e. The number of hydrazone groups is 1. The molecule has 2 rings (SSSR count). The first-order valence-corrected chi connectivity index (χ1v) is 8.35. The van der Waals surface area contributed by atoms with Gasteiger partial charge in [0.15, 0.2) is 6.61 Å². The lowest BCUT2D eigenvalue weighted by molar-refractivity contribution is -0.145. The van der Waals surface area contributed by atoms with E-state index in [-0.39, 0.29) is 12.5 Å². The van der Waals surface area contributed by atoms with Crippen molar-refractivity contribution in [1.82, 2.24) is 5.43 Å². The largest absolute Gasteiger partial charge is 0.482 e. The lowest BCUT2D eigenvalue weighted by atomic mass is 10.1. The molecule has 0 aliphatic rings. The van der Waals surface area contributed by atoms with Crippen LogP contribution in [0.2, 0.25) is 5.02 Å². The van der Waals surface area contributed by atoms with Crippen LogP contribution in [0.1, 0.15) is 28.4 Å². The second kappa shape index (κ2) is 9.58. The van der Waals surface area contributed by atoms with E-state index in [9.17, 15) is 9.59 Å². The highest BCUT2D eigenvalue weighted by Crippen LogP contribution is 2.16. The molecule has 0 unspecified atom stereocenters. The fraction of sp³-hybridized carbons (Fsp3) is 0.211. The van der Waals surface area contributed by atoms with Gasteiger partial charge in [0.05, 0.1) is 12.8 Å². The maximum atomic E-state index is 12.0. The molecule has 1 amide bonds. The van der Waals surface area contributed by atoms with E-state index in [4.69, 9.17) is 21.1 Å². The predicted octanol–water partition coefficient (Wildman–Crippen LogP) is 3.35. The molecular weight excluding hydrogens is 356 g/mol. The van der Waals surface area contributed by atoms with Crippen molar-refractivity contribution in [2.75, 3.05) is 13.2 Å². The summed E-state index contributed by atoms with van der Waals surface area (Å²) in [5, 5.41) is 4.44. The van der Waals surface area contributed by atoms with Crippen LogP contribution in [0.4, 0.5) is 0 Å². The summed E-state index contributed by atoms with van der Waals surface area (Å²) in [4.78, 5) is 23.2. The van der Waals surface area contributed by atoms with E-state index in [0.717, 1.165) is 11.1 Å². The molecule has 0 saturated heterocycles. The normalized spacial score (nSPS) is 10.6. The number of ether oxygens (including phenoxy) is 2. The quantitative estimate of drug-likeness (QED) is 0.458. The molecule has 7 heteroatoms. The molecule has 0 heterocycles. The number of aryl methyl sites for hydroxylation is 1. The zero-order valence-corrected chi connectivity index (χ0v) is 15.2. The Morgan fingerprint density at radius 3 is 2.58 bits per heavy atom. The van der Waals surface area contributed by atoms with E-state index in [1.165, 1.54) is 6.21 Å². The van der Waals surface area contributed by atoms with Crippen LogP contribution in [-0.4, -0.2) is 31.3 Å². The topological polar surface area (TPSA) is 77.0 Å². The Morgan fingerprint density at radius 2 is 1.92 bits per heavy atom. The Hall–Kier alpha value is -2.86. The van der Waals surface area contributed by atoms with Crippen LogP contribution in [-0.2, 0) is 9.53 Å². The number of amides is 1. The number of carbonyl (C=O) groups is 2. The number of benzene rings is 2. The molecule has 0 aliphatic carbocycles. The van der Waals surface area contributed by atoms with Gasteiger partial charge in [0.2, 0.25) is 0 Å². The Kier molecular flexibility index (Phi) is 7.17. The number of nitrogens with one attached hydrogen (secondary N) is 1. The van der Waals surface area contributed by atoms with Gasteiger partial charge >= 0.3 is 5.97 Å². The van der Waals surface area contributed by atoms with Crippen molar-refractivity contribution < 1.29 is 19.1 Å². The van der Waals surface area contributed by atoms with E-state index >= 15 is 0 Å². The first-order valence-electron chi connectivity index (χ1n) is 7.97. The van der Waals surface area contributed by atoms with Gasteiger partial charge in [-0.05, 0) is 61.4 Å². The summed E-state index contributed by atoms with van der Waals surface area (Å²) >= 11 is 6.01. The molecule has 2 aromatic rings. The highest BCUT2D eigenvalue weighted by atomic mass is 35.5. The Labute approximate surface area is 156 Å². The van der Waals surface area contributed by atoms with Crippen molar-refractivity contribution >= 4 is 29.7 Å². The summed E-state index contributed by atoms with van der Waals surface area (Å²) in [6, 6.07) is 11.9. The number of halogens is 1. The van der Waals surface area contributed by atoms with Crippen molar-refractivity contribution in [3.05, 3.63) is 64.2 Å². The summed E-state index contributed by atoms with van der Waals surface area (Å²) in [6.45, 7) is 3.77. The minimum atomic E-state index is -0.419. The number of rotatable bonds is 7. The molecule has 136 valence electrons. The third-order valence-corrected chi connectivity index (χ3v) is 3.76. The van der Waals surface area contributed by atoms with Crippen LogP contribution in [0, 0.1) is 6.92 Å². The van der Waals surface area contributed by atoms with Gasteiger partial charge < -0.3 is 9.47 Å². The van der Waals surface area contributed by atoms with E-state index in [2.05, 4.69) is 10.5 Å².